The first-order valence-electron chi connectivity index (χ1n) is 8.37. The predicted molar refractivity (Wildman–Crippen MR) is 104 cm³/mol. The highest BCUT2D eigenvalue weighted by Gasteiger charge is 2.12. The molecule has 1 amide bonds. The molecule has 25 heavy (non-hydrogen) atoms. The van der Waals surface area contributed by atoms with Crippen molar-refractivity contribution in [2.45, 2.75) is 33.7 Å². The largest absolute Gasteiger partial charge is 0.351 e. The monoisotopic (exact) mass is 350 g/mol. The number of aryl methyl sites for hydroxylation is 3. The molecule has 0 unspecified atom stereocenters. The normalized spacial score (nSPS) is 10.7. The van der Waals surface area contributed by atoms with Crippen LogP contribution >= 0.6 is 11.3 Å². The van der Waals surface area contributed by atoms with Crippen molar-refractivity contribution < 1.29 is 4.79 Å². The van der Waals surface area contributed by atoms with Crippen LogP contribution in [0.1, 0.15) is 27.3 Å². The first kappa shape index (κ1) is 17.4. The number of rotatable bonds is 5. The maximum absolute atomic E-state index is 12.2. The summed E-state index contributed by atoms with van der Waals surface area (Å²) in [7, 11) is 0. The van der Waals surface area contributed by atoms with Crippen LogP contribution in [0.3, 0.4) is 0 Å². The standard InChI is InChI=1S/C21H22N2OS/c1-14-8-10-17(11-9-14)12-20(24)22-13-19-16(3)23-21(25-19)18-7-5-4-6-15(18)2/h4-11H,12-13H2,1-3H3,(H,22,24). The third kappa shape index (κ3) is 4.34. The summed E-state index contributed by atoms with van der Waals surface area (Å²) < 4.78 is 0. The van der Waals surface area contributed by atoms with Crippen molar-refractivity contribution in [3.8, 4) is 10.6 Å². The molecule has 4 heteroatoms. The van der Waals surface area contributed by atoms with E-state index in [9.17, 15) is 4.79 Å². The van der Waals surface area contributed by atoms with Gasteiger partial charge in [-0.2, -0.15) is 0 Å². The molecule has 0 bridgehead atoms. The van der Waals surface area contributed by atoms with E-state index in [0.717, 1.165) is 26.7 Å². The molecule has 1 N–H and O–H groups in total. The molecule has 0 aliphatic rings. The summed E-state index contributed by atoms with van der Waals surface area (Å²) in [5.74, 6) is 0.0362. The van der Waals surface area contributed by atoms with Gasteiger partial charge >= 0.3 is 0 Å². The van der Waals surface area contributed by atoms with Gasteiger partial charge in [0.25, 0.3) is 0 Å². The van der Waals surface area contributed by atoms with Gasteiger partial charge in [0.15, 0.2) is 0 Å². The summed E-state index contributed by atoms with van der Waals surface area (Å²) in [6.07, 6.45) is 0.406. The summed E-state index contributed by atoms with van der Waals surface area (Å²) in [6, 6.07) is 16.3. The van der Waals surface area contributed by atoms with Crippen molar-refractivity contribution in [2.75, 3.05) is 0 Å². The number of hydrogen-bond donors (Lipinski definition) is 1. The van der Waals surface area contributed by atoms with E-state index in [-0.39, 0.29) is 5.91 Å². The van der Waals surface area contributed by atoms with Crippen LogP contribution in [0.5, 0.6) is 0 Å². The van der Waals surface area contributed by atoms with E-state index in [1.807, 2.05) is 50.2 Å². The Morgan fingerprint density at radius 1 is 1.04 bits per heavy atom. The van der Waals surface area contributed by atoms with Gasteiger partial charge in [-0.15, -0.1) is 11.3 Å². The number of nitrogens with one attached hydrogen (secondary N) is 1. The summed E-state index contributed by atoms with van der Waals surface area (Å²) in [6.45, 7) is 6.66. The van der Waals surface area contributed by atoms with Gasteiger partial charge in [-0.1, -0.05) is 54.1 Å². The second-order valence-electron chi connectivity index (χ2n) is 6.28. The van der Waals surface area contributed by atoms with Crippen LogP contribution in [-0.4, -0.2) is 10.9 Å². The first-order valence-corrected chi connectivity index (χ1v) is 9.19. The third-order valence-electron chi connectivity index (χ3n) is 4.20. The number of nitrogens with zero attached hydrogens (tertiary/aromatic N) is 1. The number of carbonyl (C=O) groups is 1. The van der Waals surface area contributed by atoms with Crippen molar-refractivity contribution in [3.63, 3.8) is 0 Å². The van der Waals surface area contributed by atoms with Gasteiger partial charge in [-0.3, -0.25) is 4.79 Å². The predicted octanol–water partition coefficient (Wildman–Crippen LogP) is 4.59. The Hall–Kier alpha value is -2.46. The maximum atomic E-state index is 12.2. The molecule has 0 saturated heterocycles. The molecule has 0 aliphatic carbocycles. The van der Waals surface area contributed by atoms with Gasteiger partial charge in [0.2, 0.25) is 5.91 Å². The van der Waals surface area contributed by atoms with Crippen molar-refractivity contribution in [3.05, 3.63) is 75.8 Å². The molecule has 0 fully saturated rings. The van der Waals surface area contributed by atoms with Crippen LogP contribution in [0.15, 0.2) is 48.5 Å². The van der Waals surface area contributed by atoms with Crippen LogP contribution in [0.25, 0.3) is 10.6 Å². The Kier molecular flexibility index (Phi) is 5.29. The zero-order chi connectivity index (χ0) is 17.8. The zero-order valence-electron chi connectivity index (χ0n) is 14.8. The number of thiazole rings is 1. The summed E-state index contributed by atoms with van der Waals surface area (Å²) >= 11 is 1.65. The molecule has 2 aromatic carbocycles. The summed E-state index contributed by atoms with van der Waals surface area (Å²) in [5.41, 5.74) is 5.59. The fourth-order valence-electron chi connectivity index (χ4n) is 2.65. The average molecular weight is 350 g/mol. The van der Waals surface area contributed by atoms with Crippen molar-refractivity contribution in [1.82, 2.24) is 10.3 Å². The lowest BCUT2D eigenvalue weighted by molar-refractivity contribution is -0.120. The van der Waals surface area contributed by atoms with E-state index in [4.69, 9.17) is 0 Å². The van der Waals surface area contributed by atoms with Gasteiger partial charge in [0, 0.05) is 10.4 Å². The Labute approximate surface area is 152 Å². The number of aromatic nitrogens is 1. The lowest BCUT2D eigenvalue weighted by Gasteiger charge is -2.05. The highest BCUT2D eigenvalue weighted by molar-refractivity contribution is 7.15. The summed E-state index contributed by atoms with van der Waals surface area (Å²) in [5, 5.41) is 4.03. The number of hydrogen-bond acceptors (Lipinski definition) is 3. The lowest BCUT2D eigenvalue weighted by Crippen LogP contribution is -2.24. The fraction of sp³-hybridized carbons (Fsp3) is 0.238. The molecule has 128 valence electrons. The molecule has 3 aromatic rings. The molecule has 0 spiro atoms. The van der Waals surface area contributed by atoms with Gasteiger partial charge in [-0.05, 0) is 31.9 Å². The first-order chi connectivity index (χ1) is 12.0. The Morgan fingerprint density at radius 2 is 1.76 bits per heavy atom. The zero-order valence-corrected chi connectivity index (χ0v) is 15.6. The Balaban J connectivity index is 1.64. The quantitative estimate of drug-likeness (QED) is 0.731. The summed E-state index contributed by atoms with van der Waals surface area (Å²) in [4.78, 5) is 18.0. The fourth-order valence-corrected chi connectivity index (χ4v) is 3.75. The van der Waals surface area contributed by atoms with E-state index in [0.29, 0.717) is 13.0 Å². The van der Waals surface area contributed by atoms with E-state index in [1.54, 1.807) is 11.3 Å². The van der Waals surface area contributed by atoms with Crippen molar-refractivity contribution >= 4 is 17.2 Å². The van der Waals surface area contributed by atoms with Gasteiger partial charge < -0.3 is 5.32 Å². The molecule has 3 rings (SSSR count). The highest BCUT2D eigenvalue weighted by atomic mass is 32.1. The van der Waals surface area contributed by atoms with E-state index in [2.05, 4.69) is 29.4 Å². The highest BCUT2D eigenvalue weighted by Crippen LogP contribution is 2.29. The van der Waals surface area contributed by atoms with Crippen molar-refractivity contribution in [1.29, 1.82) is 0 Å². The molecule has 1 aromatic heterocycles. The topological polar surface area (TPSA) is 42.0 Å². The van der Waals surface area contributed by atoms with E-state index >= 15 is 0 Å². The lowest BCUT2D eigenvalue weighted by atomic mass is 10.1. The number of benzene rings is 2. The number of carbonyl (C=O) groups excluding carboxylic acids is 1. The van der Waals surface area contributed by atoms with Crippen LogP contribution in [-0.2, 0) is 17.8 Å². The second kappa shape index (κ2) is 7.62. The molecular formula is C21H22N2OS. The average Bonchev–Trinajstić information content (AvgIpc) is 2.96. The van der Waals surface area contributed by atoms with Gasteiger partial charge in [0.1, 0.15) is 5.01 Å². The van der Waals surface area contributed by atoms with Crippen LogP contribution in [0.4, 0.5) is 0 Å². The molecule has 0 atom stereocenters. The van der Waals surface area contributed by atoms with Crippen LogP contribution in [0.2, 0.25) is 0 Å². The molecule has 0 aliphatic heterocycles. The smallest absolute Gasteiger partial charge is 0.224 e. The maximum Gasteiger partial charge on any atom is 0.224 e. The third-order valence-corrected chi connectivity index (χ3v) is 5.39. The number of amides is 1. The molecule has 0 saturated carbocycles. The Bertz CT molecular complexity index is 881. The SMILES string of the molecule is Cc1ccc(CC(=O)NCc2sc(-c3ccccc3C)nc2C)cc1. The van der Waals surface area contributed by atoms with Crippen LogP contribution in [0, 0.1) is 20.8 Å². The Morgan fingerprint density at radius 3 is 2.48 bits per heavy atom. The molecule has 1 heterocycles. The molecule has 0 radical (unpaired) electrons. The molecule has 3 nitrogen and oxygen atoms in total. The minimum absolute atomic E-state index is 0.0362. The van der Waals surface area contributed by atoms with E-state index < -0.39 is 0 Å². The second-order valence-corrected chi connectivity index (χ2v) is 7.37. The van der Waals surface area contributed by atoms with Crippen molar-refractivity contribution in [2.24, 2.45) is 0 Å². The van der Waals surface area contributed by atoms with Gasteiger partial charge in [-0.25, -0.2) is 4.98 Å². The van der Waals surface area contributed by atoms with Crippen LogP contribution < -0.4 is 5.32 Å². The minimum Gasteiger partial charge on any atom is -0.351 e. The minimum atomic E-state index is 0.0362. The van der Waals surface area contributed by atoms with E-state index in [1.165, 1.54) is 11.1 Å². The van der Waals surface area contributed by atoms with Gasteiger partial charge in [0.05, 0.1) is 18.7 Å². The molecular weight excluding hydrogens is 328 g/mol.